The van der Waals surface area contributed by atoms with Crippen LogP contribution in [0.5, 0.6) is 0 Å². The first-order valence-electron chi connectivity index (χ1n) is 5.27. The van der Waals surface area contributed by atoms with Crippen molar-refractivity contribution in [3.63, 3.8) is 0 Å². The highest BCUT2D eigenvalue weighted by Crippen LogP contribution is 2.00. The van der Waals surface area contributed by atoms with Gasteiger partial charge in [-0.3, -0.25) is 0 Å². The Bertz CT molecular complexity index is 83.9. The fourth-order valence-electron chi connectivity index (χ4n) is 1.37. The summed E-state index contributed by atoms with van der Waals surface area (Å²) in [5.74, 6) is 0. The molecule has 2 N–H and O–H groups in total. The summed E-state index contributed by atoms with van der Waals surface area (Å²) < 4.78 is 0. The molecule has 0 spiro atoms. The highest BCUT2D eigenvalue weighted by molar-refractivity contribution is 4.55. The maximum atomic E-state index is 5.49. The van der Waals surface area contributed by atoms with Crippen LogP contribution in [-0.2, 0) is 0 Å². The summed E-state index contributed by atoms with van der Waals surface area (Å²) in [5, 5.41) is 0. The van der Waals surface area contributed by atoms with Gasteiger partial charge in [0, 0.05) is 13.1 Å². The molecule has 0 aliphatic heterocycles. The number of unbranched alkanes of at least 4 members (excludes halogenated alkanes) is 3. The zero-order chi connectivity index (χ0) is 9.23. The van der Waals surface area contributed by atoms with Crippen molar-refractivity contribution in [2.24, 2.45) is 5.73 Å². The zero-order valence-electron chi connectivity index (χ0n) is 8.68. The lowest BCUT2D eigenvalue weighted by Crippen LogP contribution is -2.30. The van der Waals surface area contributed by atoms with E-state index in [2.05, 4.69) is 18.7 Å². The molecule has 0 atom stereocenters. The van der Waals surface area contributed by atoms with Crippen LogP contribution in [0.15, 0.2) is 0 Å². The lowest BCUT2D eigenvalue weighted by molar-refractivity contribution is 0.288. The number of likely N-dealkylation sites (N-methyl/N-ethyl adjacent to an activating group) is 1. The Morgan fingerprint density at radius 1 is 1.00 bits per heavy atom. The Hall–Kier alpha value is -0.0800. The lowest BCUT2D eigenvalue weighted by Gasteiger charge is -2.18. The summed E-state index contributed by atoms with van der Waals surface area (Å²) in [7, 11) is 0. The minimum Gasteiger partial charge on any atom is -0.329 e. The molecule has 0 aliphatic rings. The van der Waals surface area contributed by atoms with E-state index in [1.807, 2.05) is 0 Å². The molecule has 74 valence electrons. The Morgan fingerprint density at radius 2 is 1.75 bits per heavy atom. The molecule has 0 saturated heterocycles. The summed E-state index contributed by atoms with van der Waals surface area (Å²) in [6.07, 6.45) is 5.41. The van der Waals surface area contributed by atoms with Gasteiger partial charge in [0.1, 0.15) is 0 Å². The molecule has 2 nitrogen and oxygen atoms in total. The van der Waals surface area contributed by atoms with Gasteiger partial charge in [0.15, 0.2) is 0 Å². The van der Waals surface area contributed by atoms with E-state index in [9.17, 15) is 0 Å². The average Bonchev–Trinajstić information content (AvgIpc) is 2.10. The van der Waals surface area contributed by atoms with E-state index in [0.29, 0.717) is 0 Å². The van der Waals surface area contributed by atoms with Crippen LogP contribution in [0.4, 0.5) is 0 Å². The Morgan fingerprint density at radius 3 is 2.25 bits per heavy atom. The summed E-state index contributed by atoms with van der Waals surface area (Å²) >= 11 is 0. The summed E-state index contributed by atoms with van der Waals surface area (Å²) in [6.45, 7) is 8.67. The van der Waals surface area contributed by atoms with E-state index in [1.54, 1.807) is 0 Å². The smallest absolute Gasteiger partial charge is 0.0104 e. The van der Waals surface area contributed by atoms with E-state index < -0.39 is 0 Å². The molecule has 12 heavy (non-hydrogen) atoms. The van der Waals surface area contributed by atoms with Crippen molar-refractivity contribution >= 4 is 0 Å². The molecule has 0 fully saturated rings. The third-order valence-electron chi connectivity index (χ3n) is 2.22. The van der Waals surface area contributed by atoms with Crippen LogP contribution >= 0.6 is 0 Å². The Labute approximate surface area is 77.1 Å². The van der Waals surface area contributed by atoms with Gasteiger partial charge in [0.05, 0.1) is 0 Å². The summed E-state index contributed by atoms with van der Waals surface area (Å²) in [5.41, 5.74) is 5.49. The third-order valence-corrected chi connectivity index (χ3v) is 2.22. The van der Waals surface area contributed by atoms with Gasteiger partial charge in [0.2, 0.25) is 0 Å². The monoisotopic (exact) mass is 172 g/mol. The van der Waals surface area contributed by atoms with Gasteiger partial charge in [-0.1, -0.05) is 33.1 Å². The van der Waals surface area contributed by atoms with Gasteiger partial charge in [-0.2, -0.15) is 0 Å². The predicted octanol–water partition coefficient (Wildman–Crippen LogP) is 1.85. The molecule has 0 heterocycles. The molecule has 0 aliphatic carbocycles. The molecule has 0 radical (unpaired) electrons. The molecule has 2 heteroatoms. The molecule has 0 aromatic carbocycles. The van der Waals surface area contributed by atoms with Gasteiger partial charge in [-0.15, -0.1) is 0 Å². The number of hydrogen-bond donors (Lipinski definition) is 1. The highest BCUT2D eigenvalue weighted by atomic mass is 15.1. The second-order valence-electron chi connectivity index (χ2n) is 3.28. The Balaban J connectivity index is 3.19. The topological polar surface area (TPSA) is 29.3 Å². The lowest BCUT2D eigenvalue weighted by atomic mass is 10.2. The SMILES string of the molecule is CCCCCCN(CC)CCN. The van der Waals surface area contributed by atoms with Crippen LogP contribution < -0.4 is 5.73 Å². The van der Waals surface area contributed by atoms with Gasteiger partial charge in [-0.25, -0.2) is 0 Å². The van der Waals surface area contributed by atoms with Crippen molar-refractivity contribution in [3.8, 4) is 0 Å². The van der Waals surface area contributed by atoms with Gasteiger partial charge >= 0.3 is 0 Å². The first kappa shape index (κ1) is 11.9. The molecule has 0 amide bonds. The van der Waals surface area contributed by atoms with Crippen molar-refractivity contribution in [3.05, 3.63) is 0 Å². The average molecular weight is 172 g/mol. The normalized spacial score (nSPS) is 11.0. The molecule has 0 saturated carbocycles. The van der Waals surface area contributed by atoms with Crippen LogP contribution in [0.25, 0.3) is 0 Å². The Kier molecular flexibility index (Phi) is 8.95. The first-order chi connectivity index (χ1) is 5.85. The van der Waals surface area contributed by atoms with Crippen LogP contribution in [0, 0.1) is 0 Å². The zero-order valence-corrected chi connectivity index (χ0v) is 8.68. The van der Waals surface area contributed by atoms with E-state index in [4.69, 9.17) is 5.73 Å². The van der Waals surface area contributed by atoms with Crippen molar-refractivity contribution in [2.45, 2.75) is 39.5 Å². The van der Waals surface area contributed by atoms with Crippen LogP contribution in [0.2, 0.25) is 0 Å². The fraction of sp³-hybridized carbons (Fsp3) is 1.00. The number of hydrogen-bond acceptors (Lipinski definition) is 2. The second-order valence-corrected chi connectivity index (χ2v) is 3.28. The molecule has 0 rings (SSSR count). The van der Waals surface area contributed by atoms with Crippen molar-refractivity contribution in [1.82, 2.24) is 4.90 Å². The van der Waals surface area contributed by atoms with E-state index in [0.717, 1.165) is 19.6 Å². The summed E-state index contributed by atoms with van der Waals surface area (Å²) in [4.78, 5) is 2.43. The van der Waals surface area contributed by atoms with Crippen molar-refractivity contribution in [2.75, 3.05) is 26.2 Å². The molecule has 0 unspecified atom stereocenters. The van der Waals surface area contributed by atoms with E-state index in [1.165, 1.54) is 32.2 Å². The maximum Gasteiger partial charge on any atom is 0.0104 e. The van der Waals surface area contributed by atoms with E-state index in [-0.39, 0.29) is 0 Å². The molecule has 0 bridgehead atoms. The van der Waals surface area contributed by atoms with E-state index >= 15 is 0 Å². The van der Waals surface area contributed by atoms with Gasteiger partial charge in [0.25, 0.3) is 0 Å². The van der Waals surface area contributed by atoms with Crippen LogP contribution in [-0.4, -0.2) is 31.1 Å². The molecular formula is C10H24N2. The van der Waals surface area contributed by atoms with Gasteiger partial charge in [-0.05, 0) is 19.5 Å². The minimum atomic E-state index is 0.793. The molecular weight excluding hydrogens is 148 g/mol. The quantitative estimate of drug-likeness (QED) is 0.566. The minimum absolute atomic E-state index is 0.793. The number of rotatable bonds is 8. The number of nitrogens with two attached hydrogens (primary N) is 1. The van der Waals surface area contributed by atoms with Crippen molar-refractivity contribution < 1.29 is 0 Å². The highest BCUT2D eigenvalue weighted by Gasteiger charge is 1.98. The molecule has 0 aromatic rings. The van der Waals surface area contributed by atoms with Crippen LogP contribution in [0.3, 0.4) is 0 Å². The largest absolute Gasteiger partial charge is 0.329 e. The number of nitrogens with zero attached hydrogens (tertiary/aromatic N) is 1. The van der Waals surface area contributed by atoms with Gasteiger partial charge < -0.3 is 10.6 Å². The first-order valence-corrected chi connectivity index (χ1v) is 5.27. The standard InChI is InChI=1S/C10H24N2/c1-3-5-6-7-9-12(4-2)10-8-11/h3-11H2,1-2H3. The fourth-order valence-corrected chi connectivity index (χ4v) is 1.37. The van der Waals surface area contributed by atoms with Crippen LogP contribution in [0.1, 0.15) is 39.5 Å². The second kappa shape index (κ2) is 9.01. The third kappa shape index (κ3) is 6.62. The predicted molar refractivity (Wildman–Crippen MR) is 55.3 cm³/mol. The molecule has 0 aromatic heterocycles. The maximum absolute atomic E-state index is 5.49. The summed E-state index contributed by atoms with van der Waals surface area (Å²) in [6, 6.07) is 0. The van der Waals surface area contributed by atoms with Crippen molar-refractivity contribution in [1.29, 1.82) is 0 Å².